The Hall–Kier alpha value is -2.55. The van der Waals surface area contributed by atoms with Crippen molar-refractivity contribution in [3.8, 4) is 0 Å². The van der Waals surface area contributed by atoms with Crippen molar-refractivity contribution in [1.82, 2.24) is 0 Å². The molecule has 0 atom stereocenters. The van der Waals surface area contributed by atoms with Crippen LogP contribution in [0.25, 0.3) is 11.0 Å². The van der Waals surface area contributed by atoms with Crippen molar-refractivity contribution >= 4 is 22.4 Å². The van der Waals surface area contributed by atoms with Crippen LogP contribution in [0.2, 0.25) is 0 Å². The molecule has 2 aromatic carbocycles. The summed E-state index contributed by atoms with van der Waals surface area (Å²) < 4.78 is 5.60. The summed E-state index contributed by atoms with van der Waals surface area (Å²) in [6.07, 6.45) is 0.408. The maximum absolute atomic E-state index is 12.2. The lowest BCUT2D eigenvalue weighted by atomic mass is 10.0. The van der Waals surface area contributed by atoms with E-state index in [2.05, 4.69) is 43.4 Å². The summed E-state index contributed by atoms with van der Waals surface area (Å²) in [7, 11) is 0. The van der Waals surface area contributed by atoms with Crippen LogP contribution in [-0.2, 0) is 0 Å². The van der Waals surface area contributed by atoms with Crippen molar-refractivity contribution in [3.05, 3.63) is 65.9 Å². The van der Waals surface area contributed by atoms with E-state index in [4.69, 9.17) is 4.42 Å². The van der Waals surface area contributed by atoms with E-state index in [0.717, 1.165) is 16.7 Å². The lowest BCUT2D eigenvalue weighted by molar-refractivity contribution is 0.0962. The predicted molar refractivity (Wildman–Crippen MR) is 94.2 cm³/mol. The topological polar surface area (TPSA) is 42.2 Å². The number of carbonyl (C=O) groups excluding carboxylic acids is 1. The van der Waals surface area contributed by atoms with Crippen LogP contribution in [0.15, 0.2) is 59.0 Å². The Morgan fingerprint density at radius 2 is 1.83 bits per heavy atom. The average Bonchev–Trinajstić information content (AvgIpc) is 2.99. The van der Waals surface area contributed by atoms with Crippen molar-refractivity contribution in [2.24, 2.45) is 0 Å². The second-order valence-corrected chi connectivity index (χ2v) is 6.03. The van der Waals surface area contributed by atoms with Crippen LogP contribution in [0.3, 0.4) is 0 Å². The van der Waals surface area contributed by atoms with Crippen LogP contribution in [-0.4, -0.2) is 12.3 Å². The van der Waals surface area contributed by atoms with E-state index in [0.29, 0.717) is 24.6 Å². The van der Waals surface area contributed by atoms with Gasteiger partial charge in [0.15, 0.2) is 11.5 Å². The van der Waals surface area contributed by atoms with Crippen LogP contribution in [0.4, 0.5) is 5.69 Å². The quantitative estimate of drug-likeness (QED) is 0.633. The first-order valence-corrected chi connectivity index (χ1v) is 7.99. The number of rotatable bonds is 6. The van der Waals surface area contributed by atoms with E-state index in [9.17, 15) is 4.79 Å². The minimum absolute atomic E-state index is 0.0208. The van der Waals surface area contributed by atoms with E-state index >= 15 is 0 Å². The SMILES string of the molecule is CC(C)c1ccc(NCCC(=O)c2cc3ccccc3o2)cc1. The minimum atomic E-state index is 0.0208. The smallest absolute Gasteiger partial charge is 0.199 e. The van der Waals surface area contributed by atoms with Gasteiger partial charge in [-0.15, -0.1) is 0 Å². The molecule has 3 nitrogen and oxygen atoms in total. The van der Waals surface area contributed by atoms with E-state index in [1.165, 1.54) is 5.56 Å². The summed E-state index contributed by atoms with van der Waals surface area (Å²) in [5.74, 6) is 0.981. The zero-order chi connectivity index (χ0) is 16.2. The molecule has 1 N–H and O–H groups in total. The van der Waals surface area contributed by atoms with Gasteiger partial charge in [-0.2, -0.15) is 0 Å². The maximum Gasteiger partial charge on any atom is 0.199 e. The van der Waals surface area contributed by atoms with Gasteiger partial charge < -0.3 is 9.73 Å². The van der Waals surface area contributed by atoms with Gasteiger partial charge in [-0.25, -0.2) is 0 Å². The number of carbonyl (C=O) groups is 1. The second-order valence-electron chi connectivity index (χ2n) is 6.03. The fourth-order valence-corrected chi connectivity index (χ4v) is 2.55. The molecule has 0 aliphatic heterocycles. The molecule has 1 heterocycles. The van der Waals surface area contributed by atoms with Crippen molar-refractivity contribution in [2.75, 3.05) is 11.9 Å². The largest absolute Gasteiger partial charge is 0.453 e. The van der Waals surface area contributed by atoms with Gasteiger partial charge in [-0.3, -0.25) is 4.79 Å². The van der Waals surface area contributed by atoms with Crippen molar-refractivity contribution < 1.29 is 9.21 Å². The average molecular weight is 307 g/mol. The monoisotopic (exact) mass is 307 g/mol. The normalized spacial score (nSPS) is 11.1. The standard InChI is InChI=1S/C20H21NO2/c1-14(2)15-7-9-17(10-8-15)21-12-11-18(22)20-13-16-5-3-4-6-19(16)23-20/h3-10,13-14,21H,11-12H2,1-2H3. The summed E-state index contributed by atoms with van der Waals surface area (Å²) in [6.45, 7) is 4.94. The molecular formula is C20H21NO2. The third-order valence-electron chi connectivity index (χ3n) is 3.96. The molecule has 118 valence electrons. The zero-order valence-corrected chi connectivity index (χ0v) is 13.5. The van der Waals surface area contributed by atoms with Crippen LogP contribution in [0.5, 0.6) is 0 Å². The molecule has 0 saturated heterocycles. The van der Waals surface area contributed by atoms with Gasteiger partial charge in [0.25, 0.3) is 0 Å². The number of nitrogens with one attached hydrogen (secondary N) is 1. The highest BCUT2D eigenvalue weighted by Crippen LogP contribution is 2.20. The molecule has 0 bridgehead atoms. The molecule has 3 heteroatoms. The first-order chi connectivity index (χ1) is 11.1. The highest BCUT2D eigenvalue weighted by Gasteiger charge is 2.11. The van der Waals surface area contributed by atoms with Crippen LogP contribution < -0.4 is 5.32 Å². The number of benzene rings is 2. The first-order valence-electron chi connectivity index (χ1n) is 7.99. The van der Waals surface area contributed by atoms with Crippen molar-refractivity contribution in [3.63, 3.8) is 0 Å². The van der Waals surface area contributed by atoms with Gasteiger partial charge in [0.2, 0.25) is 0 Å². The van der Waals surface area contributed by atoms with Crippen molar-refractivity contribution in [2.45, 2.75) is 26.2 Å². The predicted octanol–water partition coefficient (Wildman–Crippen LogP) is 5.24. The Balaban J connectivity index is 1.56. The summed E-state index contributed by atoms with van der Waals surface area (Å²) in [6, 6.07) is 17.8. The van der Waals surface area contributed by atoms with E-state index < -0.39 is 0 Å². The highest BCUT2D eigenvalue weighted by atomic mass is 16.3. The van der Waals surface area contributed by atoms with Crippen molar-refractivity contribution in [1.29, 1.82) is 0 Å². The molecule has 0 aliphatic rings. The Bertz CT molecular complexity index is 767. The number of ketones is 1. The molecule has 0 amide bonds. The molecule has 0 radical (unpaired) electrons. The number of anilines is 1. The molecular weight excluding hydrogens is 286 g/mol. The summed E-state index contributed by atoms with van der Waals surface area (Å²) in [5.41, 5.74) is 3.11. The van der Waals surface area contributed by atoms with E-state index in [-0.39, 0.29) is 5.78 Å². The first kappa shape index (κ1) is 15.3. The Labute approximate surface area is 136 Å². The van der Waals surface area contributed by atoms with E-state index in [1.807, 2.05) is 30.3 Å². The van der Waals surface area contributed by atoms with Gasteiger partial charge in [0.05, 0.1) is 0 Å². The van der Waals surface area contributed by atoms with Crippen LogP contribution in [0, 0.1) is 0 Å². The molecule has 0 aliphatic carbocycles. The lowest BCUT2D eigenvalue weighted by Crippen LogP contribution is -2.08. The fraction of sp³-hybridized carbons (Fsp3) is 0.250. The summed E-state index contributed by atoms with van der Waals surface area (Å²) in [4.78, 5) is 12.2. The Kier molecular flexibility index (Phi) is 4.47. The Morgan fingerprint density at radius 1 is 1.09 bits per heavy atom. The fourth-order valence-electron chi connectivity index (χ4n) is 2.55. The van der Waals surface area contributed by atoms with Crippen LogP contribution >= 0.6 is 0 Å². The van der Waals surface area contributed by atoms with Gasteiger partial charge in [-0.1, -0.05) is 44.2 Å². The molecule has 3 rings (SSSR count). The summed E-state index contributed by atoms with van der Waals surface area (Å²) in [5, 5.41) is 4.25. The molecule has 0 fully saturated rings. The third-order valence-corrected chi connectivity index (χ3v) is 3.96. The molecule has 3 aromatic rings. The van der Waals surface area contributed by atoms with E-state index in [1.54, 1.807) is 0 Å². The molecule has 1 aromatic heterocycles. The minimum Gasteiger partial charge on any atom is -0.453 e. The zero-order valence-electron chi connectivity index (χ0n) is 13.5. The second kappa shape index (κ2) is 6.69. The van der Waals surface area contributed by atoms with Gasteiger partial charge >= 0.3 is 0 Å². The third kappa shape index (κ3) is 3.62. The van der Waals surface area contributed by atoms with Gasteiger partial charge in [-0.05, 0) is 35.7 Å². The molecule has 0 spiro atoms. The number of hydrogen-bond donors (Lipinski definition) is 1. The number of fused-ring (bicyclic) bond motifs is 1. The number of furan rings is 1. The number of Topliss-reactive ketones (excluding diaryl/α,β-unsaturated/α-hetero) is 1. The van der Waals surface area contributed by atoms with Gasteiger partial charge in [0.1, 0.15) is 5.58 Å². The molecule has 0 unspecified atom stereocenters. The summed E-state index contributed by atoms with van der Waals surface area (Å²) >= 11 is 0. The maximum atomic E-state index is 12.2. The van der Waals surface area contributed by atoms with Gasteiger partial charge in [0, 0.05) is 24.0 Å². The highest BCUT2D eigenvalue weighted by molar-refractivity contribution is 5.97. The number of hydrogen-bond acceptors (Lipinski definition) is 3. The lowest BCUT2D eigenvalue weighted by Gasteiger charge is -2.08. The molecule has 0 saturated carbocycles. The number of para-hydroxylation sites is 1. The molecule has 23 heavy (non-hydrogen) atoms. The Morgan fingerprint density at radius 3 is 2.52 bits per heavy atom. The van der Waals surface area contributed by atoms with Crippen LogP contribution in [0.1, 0.15) is 42.3 Å².